The lowest BCUT2D eigenvalue weighted by molar-refractivity contribution is -0.126. The molecule has 1 amide bonds. The van der Waals surface area contributed by atoms with Crippen molar-refractivity contribution in [3.05, 3.63) is 65.7 Å². The van der Waals surface area contributed by atoms with Crippen molar-refractivity contribution in [2.24, 2.45) is 5.92 Å². The lowest BCUT2D eigenvalue weighted by atomic mass is 9.96. The Bertz CT molecular complexity index is 853. The Morgan fingerprint density at radius 1 is 1.08 bits per heavy atom. The molecule has 7 heteroatoms. The summed E-state index contributed by atoms with van der Waals surface area (Å²) in [5, 5.41) is 2.70. The van der Waals surface area contributed by atoms with Crippen LogP contribution in [-0.4, -0.2) is 33.2 Å². The van der Waals surface area contributed by atoms with Gasteiger partial charge in [0.15, 0.2) is 0 Å². The summed E-state index contributed by atoms with van der Waals surface area (Å²) in [6.45, 7) is 0.618. The summed E-state index contributed by atoms with van der Waals surface area (Å²) in [5.74, 6) is 0.169. The molecule has 1 unspecified atom stereocenters. The van der Waals surface area contributed by atoms with Crippen LogP contribution in [0.2, 0.25) is 0 Å². The van der Waals surface area contributed by atoms with Gasteiger partial charge in [0, 0.05) is 13.1 Å². The molecule has 26 heavy (non-hydrogen) atoms. The topological polar surface area (TPSA) is 84.5 Å². The van der Waals surface area contributed by atoms with E-state index in [0.717, 1.165) is 16.9 Å². The zero-order valence-electron chi connectivity index (χ0n) is 14.4. The first-order chi connectivity index (χ1) is 12.5. The SMILES string of the molecule is O=C(NCCS(=O)(=O)NCc1ccccc1)C1COc2ccccc2C1. The zero-order chi connectivity index (χ0) is 18.4. The van der Waals surface area contributed by atoms with Crippen LogP contribution < -0.4 is 14.8 Å². The lowest BCUT2D eigenvalue weighted by Crippen LogP contribution is -2.40. The molecule has 0 aromatic heterocycles. The normalized spacial score (nSPS) is 16.4. The van der Waals surface area contributed by atoms with E-state index in [9.17, 15) is 13.2 Å². The van der Waals surface area contributed by atoms with Gasteiger partial charge in [0.05, 0.1) is 11.7 Å². The molecule has 1 aliphatic heterocycles. The van der Waals surface area contributed by atoms with E-state index in [2.05, 4.69) is 10.0 Å². The summed E-state index contributed by atoms with van der Waals surface area (Å²) in [6.07, 6.45) is 0.598. The van der Waals surface area contributed by atoms with Crippen molar-refractivity contribution in [3.63, 3.8) is 0 Å². The first kappa shape index (κ1) is 18.4. The average Bonchev–Trinajstić information content (AvgIpc) is 2.67. The van der Waals surface area contributed by atoms with Gasteiger partial charge in [-0.25, -0.2) is 13.1 Å². The molecule has 0 spiro atoms. The Kier molecular flexibility index (Phi) is 5.90. The molecule has 0 aliphatic carbocycles. The fourth-order valence-electron chi connectivity index (χ4n) is 2.81. The maximum absolute atomic E-state index is 12.3. The van der Waals surface area contributed by atoms with E-state index in [1.54, 1.807) is 0 Å². The molecule has 2 aromatic carbocycles. The Morgan fingerprint density at radius 2 is 1.81 bits per heavy atom. The van der Waals surface area contributed by atoms with Gasteiger partial charge >= 0.3 is 0 Å². The maximum atomic E-state index is 12.3. The van der Waals surface area contributed by atoms with Gasteiger partial charge in [-0.05, 0) is 23.6 Å². The summed E-state index contributed by atoms with van der Waals surface area (Å²) in [6, 6.07) is 16.9. The second-order valence-electron chi connectivity index (χ2n) is 6.24. The van der Waals surface area contributed by atoms with Crippen molar-refractivity contribution < 1.29 is 17.9 Å². The molecule has 0 saturated carbocycles. The number of hydrogen-bond acceptors (Lipinski definition) is 4. The number of fused-ring (bicyclic) bond motifs is 1. The number of ether oxygens (including phenoxy) is 1. The highest BCUT2D eigenvalue weighted by molar-refractivity contribution is 7.89. The number of benzene rings is 2. The van der Waals surface area contributed by atoms with Crippen LogP contribution in [0.1, 0.15) is 11.1 Å². The first-order valence-corrected chi connectivity index (χ1v) is 10.2. The highest BCUT2D eigenvalue weighted by Crippen LogP contribution is 2.26. The quantitative estimate of drug-likeness (QED) is 0.769. The minimum atomic E-state index is -3.45. The number of sulfonamides is 1. The third kappa shape index (κ3) is 5.06. The molecule has 3 rings (SSSR count). The van der Waals surface area contributed by atoms with Crippen molar-refractivity contribution >= 4 is 15.9 Å². The minimum absolute atomic E-state index is 0.0705. The predicted molar refractivity (Wildman–Crippen MR) is 99.2 cm³/mol. The van der Waals surface area contributed by atoms with Gasteiger partial charge in [0.25, 0.3) is 0 Å². The van der Waals surface area contributed by atoms with Gasteiger partial charge < -0.3 is 10.1 Å². The number of carbonyl (C=O) groups is 1. The van der Waals surface area contributed by atoms with Gasteiger partial charge in [-0.3, -0.25) is 4.79 Å². The summed E-state index contributed by atoms with van der Waals surface area (Å²) in [7, 11) is -3.45. The van der Waals surface area contributed by atoms with Gasteiger partial charge in [0.1, 0.15) is 12.4 Å². The van der Waals surface area contributed by atoms with Crippen LogP contribution >= 0.6 is 0 Å². The van der Waals surface area contributed by atoms with Crippen LogP contribution in [0.5, 0.6) is 5.75 Å². The molecule has 0 fully saturated rings. The largest absolute Gasteiger partial charge is 0.492 e. The van der Waals surface area contributed by atoms with E-state index in [1.165, 1.54) is 0 Å². The van der Waals surface area contributed by atoms with E-state index in [4.69, 9.17) is 4.74 Å². The fraction of sp³-hybridized carbons (Fsp3) is 0.316. The highest BCUT2D eigenvalue weighted by Gasteiger charge is 2.25. The van der Waals surface area contributed by atoms with Gasteiger partial charge in [0.2, 0.25) is 15.9 Å². The molecule has 2 N–H and O–H groups in total. The number of rotatable bonds is 7. The van der Waals surface area contributed by atoms with Crippen molar-refractivity contribution in [3.8, 4) is 5.75 Å². The molecule has 1 aliphatic rings. The number of amides is 1. The summed E-state index contributed by atoms with van der Waals surface area (Å²) < 4.78 is 32.2. The molecule has 0 bridgehead atoms. The van der Waals surface area contributed by atoms with Crippen LogP contribution in [-0.2, 0) is 27.8 Å². The second-order valence-corrected chi connectivity index (χ2v) is 8.16. The molecule has 1 atom stereocenters. The number of hydrogen-bond donors (Lipinski definition) is 2. The average molecular weight is 374 g/mol. The number of nitrogens with one attached hydrogen (secondary N) is 2. The molecule has 1 heterocycles. The lowest BCUT2D eigenvalue weighted by Gasteiger charge is -2.24. The smallest absolute Gasteiger partial charge is 0.226 e. The van der Waals surface area contributed by atoms with Gasteiger partial charge in [-0.2, -0.15) is 0 Å². The Hall–Kier alpha value is -2.38. The van der Waals surface area contributed by atoms with E-state index in [-0.39, 0.29) is 30.7 Å². The van der Waals surface area contributed by atoms with Crippen LogP contribution in [0.4, 0.5) is 0 Å². The molecular weight excluding hydrogens is 352 g/mol. The third-order valence-corrected chi connectivity index (χ3v) is 5.58. The summed E-state index contributed by atoms with van der Waals surface area (Å²) in [5.41, 5.74) is 1.88. The molecule has 138 valence electrons. The number of carbonyl (C=O) groups excluding carboxylic acids is 1. The van der Waals surface area contributed by atoms with Crippen molar-refractivity contribution in [1.29, 1.82) is 0 Å². The van der Waals surface area contributed by atoms with Crippen LogP contribution in [0.15, 0.2) is 54.6 Å². The third-order valence-electron chi connectivity index (χ3n) is 4.26. The predicted octanol–water partition coefficient (Wildman–Crippen LogP) is 1.47. The fourth-order valence-corrected chi connectivity index (χ4v) is 3.71. The molecule has 0 saturated heterocycles. The molecular formula is C19H22N2O4S. The van der Waals surface area contributed by atoms with Gasteiger partial charge in [-0.15, -0.1) is 0 Å². The second kappa shape index (κ2) is 8.33. The highest BCUT2D eigenvalue weighted by atomic mass is 32.2. The molecule has 0 radical (unpaired) electrons. The maximum Gasteiger partial charge on any atom is 0.226 e. The molecule has 6 nitrogen and oxygen atoms in total. The number of para-hydroxylation sites is 1. The van der Waals surface area contributed by atoms with Crippen LogP contribution in [0, 0.1) is 5.92 Å². The van der Waals surface area contributed by atoms with E-state index in [0.29, 0.717) is 13.0 Å². The van der Waals surface area contributed by atoms with E-state index < -0.39 is 10.0 Å². The van der Waals surface area contributed by atoms with Crippen molar-refractivity contribution in [1.82, 2.24) is 10.0 Å². The van der Waals surface area contributed by atoms with Crippen molar-refractivity contribution in [2.75, 3.05) is 18.9 Å². The Balaban J connectivity index is 1.43. The molecule has 2 aromatic rings. The van der Waals surface area contributed by atoms with Crippen LogP contribution in [0.3, 0.4) is 0 Å². The van der Waals surface area contributed by atoms with Crippen LogP contribution in [0.25, 0.3) is 0 Å². The minimum Gasteiger partial charge on any atom is -0.492 e. The zero-order valence-corrected chi connectivity index (χ0v) is 15.2. The Labute approximate surface area is 153 Å². The monoisotopic (exact) mass is 374 g/mol. The van der Waals surface area contributed by atoms with Gasteiger partial charge in [-0.1, -0.05) is 48.5 Å². The standard InChI is InChI=1S/C19H22N2O4S/c22-19(17-12-16-8-4-5-9-18(16)25-14-17)20-10-11-26(23,24)21-13-15-6-2-1-3-7-15/h1-9,17,21H,10-14H2,(H,20,22). The summed E-state index contributed by atoms with van der Waals surface area (Å²) in [4.78, 5) is 12.3. The summed E-state index contributed by atoms with van der Waals surface area (Å²) >= 11 is 0. The van der Waals surface area contributed by atoms with E-state index >= 15 is 0 Å². The first-order valence-electron chi connectivity index (χ1n) is 8.53. The Morgan fingerprint density at radius 3 is 2.62 bits per heavy atom. The van der Waals surface area contributed by atoms with E-state index in [1.807, 2.05) is 54.6 Å². The van der Waals surface area contributed by atoms with Crippen molar-refractivity contribution in [2.45, 2.75) is 13.0 Å².